The van der Waals surface area contributed by atoms with Crippen molar-refractivity contribution in [2.45, 2.75) is 24.9 Å². The Hall–Kier alpha value is -0.160. The van der Waals surface area contributed by atoms with E-state index in [2.05, 4.69) is 10.6 Å². The van der Waals surface area contributed by atoms with Crippen molar-refractivity contribution in [3.8, 4) is 0 Å². The Morgan fingerprint density at radius 3 is 2.58 bits per heavy atom. The molecule has 0 radical (unpaired) electrons. The van der Waals surface area contributed by atoms with Crippen LogP contribution in [0.3, 0.4) is 0 Å². The number of hydrogen-bond donors (Lipinski definition) is 4. The first-order valence-corrected chi connectivity index (χ1v) is 4.40. The first kappa shape index (κ1) is 9.92. The van der Waals surface area contributed by atoms with Crippen molar-refractivity contribution in [2.75, 3.05) is 26.3 Å². The van der Waals surface area contributed by atoms with Crippen LogP contribution in [0.4, 0.5) is 0 Å². The zero-order valence-corrected chi connectivity index (χ0v) is 7.51. The lowest BCUT2D eigenvalue weighted by Gasteiger charge is -2.29. The summed E-state index contributed by atoms with van der Waals surface area (Å²) in [5.74, 6) is 0. The molecule has 1 unspecified atom stereocenters. The maximum absolute atomic E-state index is 9.00. The van der Waals surface area contributed by atoms with Gasteiger partial charge in [0, 0.05) is 12.6 Å². The van der Waals surface area contributed by atoms with Crippen LogP contribution in [0.25, 0.3) is 0 Å². The molecule has 1 aliphatic rings. The molecule has 1 heterocycles. The summed E-state index contributed by atoms with van der Waals surface area (Å²) in [6.07, 6.45) is 1.07. The van der Waals surface area contributed by atoms with Crippen LogP contribution in [0.2, 0.25) is 0 Å². The average Bonchev–Trinajstić information content (AvgIpc) is 2.57. The molecular weight excluding hydrogens is 156 g/mol. The fraction of sp³-hybridized carbons (Fsp3) is 1.00. The second-order valence-corrected chi connectivity index (χ2v) is 3.71. The lowest BCUT2D eigenvalue weighted by atomic mass is 10.0. The zero-order chi connectivity index (χ0) is 9.03. The molecule has 72 valence electrons. The van der Waals surface area contributed by atoms with Crippen LogP contribution in [0.1, 0.15) is 13.3 Å². The van der Waals surface area contributed by atoms with E-state index >= 15 is 0 Å². The van der Waals surface area contributed by atoms with Gasteiger partial charge in [-0.05, 0) is 19.9 Å². The first-order valence-electron chi connectivity index (χ1n) is 4.40. The standard InChI is InChI=1S/C8H18N2O2/c1-8(5-11,6-12)10-7-2-3-9-4-7/h7,9-12H,2-6H2,1H3. The van der Waals surface area contributed by atoms with Gasteiger partial charge >= 0.3 is 0 Å². The molecule has 4 nitrogen and oxygen atoms in total. The molecular formula is C8H18N2O2. The number of nitrogens with one attached hydrogen (secondary N) is 2. The number of hydrogen-bond acceptors (Lipinski definition) is 4. The van der Waals surface area contributed by atoms with Gasteiger partial charge in [-0.2, -0.15) is 0 Å². The average molecular weight is 174 g/mol. The summed E-state index contributed by atoms with van der Waals surface area (Å²) < 4.78 is 0. The van der Waals surface area contributed by atoms with Gasteiger partial charge in [0.05, 0.1) is 18.8 Å². The van der Waals surface area contributed by atoms with E-state index in [4.69, 9.17) is 10.2 Å². The molecule has 1 aliphatic heterocycles. The summed E-state index contributed by atoms with van der Waals surface area (Å²) in [6.45, 7) is 3.71. The topological polar surface area (TPSA) is 64.5 Å². The third kappa shape index (κ3) is 2.42. The molecule has 12 heavy (non-hydrogen) atoms. The quantitative estimate of drug-likeness (QED) is 0.427. The van der Waals surface area contributed by atoms with Gasteiger partial charge in [-0.25, -0.2) is 0 Å². The molecule has 0 amide bonds. The first-order chi connectivity index (χ1) is 5.70. The van der Waals surface area contributed by atoms with E-state index in [9.17, 15) is 0 Å². The van der Waals surface area contributed by atoms with Crippen molar-refractivity contribution in [1.82, 2.24) is 10.6 Å². The Balaban J connectivity index is 2.35. The van der Waals surface area contributed by atoms with Crippen molar-refractivity contribution in [3.63, 3.8) is 0 Å². The molecule has 0 aromatic carbocycles. The maximum Gasteiger partial charge on any atom is 0.0633 e. The molecule has 1 fully saturated rings. The second kappa shape index (κ2) is 4.18. The van der Waals surface area contributed by atoms with Gasteiger partial charge in [0.2, 0.25) is 0 Å². The van der Waals surface area contributed by atoms with Crippen molar-refractivity contribution in [1.29, 1.82) is 0 Å². The smallest absolute Gasteiger partial charge is 0.0633 e. The van der Waals surface area contributed by atoms with Crippen molar-refractivity contribution in [3.05, 3.63) is 0 Å². The van der Waals surface area contributed by atoms with E-state index in [0.29, 0.717) is 6.04 Å². The Kier molecular flexibility index (Phi) is 3.46. The summed E-state index contributed by atoms with van der Waals surface area (Å²) in [4.78, 5) is 0. The number of aliphatic hydroxyl groups excluding tert-OH is 2. The minimum Gasteiger partial charge on any atom is -0.394 e. The lowest BCUT2D eigenvalue weighted by Crippen LogP contribution is -2.54. The molecule has 0 bridgehead atoms. The van der Waals surface area contributed by atoms with E-state index in [1.807, 2.05) is 6.92 Å². The second-order valence-electron chi connectivity index (χ2n) is 3.71. The van der Waals surface area contributed by atoms with Crippen LogP contribution < -0.4 is 10.6 Å². The van der Waals surface area contributed by atoms with Gasteiger partial charge < -0.3 is 20.8 Å². The number of aliphatic hydroxyl groups is 2. The molecule has 0 aromatic heterocycles. The number of rotatable bonds is 4. The van der Waals surface area contributed by atoms with Gasteiger partial charge in [0.15, 0.2) is 0 Å². The molecule has 0 aliphatic carbocycles. The Labute approximate surface area is 73.0 Å². The highest BCUT2D eigenvalue weighted by molar-refractivity contribution is 4.88. The lowest BCUT2D eigenvalue weighted by molar-refractivity contribution is 0.0958. The molecule has 0 saturated carbocycles. The normalized spacial score (nSPS) is 24.8. The highest BCUT2D eigenvalue weighted by atomic mass is 16.3. The minimum atomic E-state index is -0.531. The molecule has 0 spiro atoms. The molecule has 1 atom stereocenters. The third-order valence-corrected chi connectivity index (χ3v) is 2.31. The predicted octanol–water partition coefficient (Wildman–Crippen LogP) is -1.32. The predicted molar refractivity (Wildman–Crippen MR) is 47.0 cm³/mol. The van der Waals surface area contributed by atoms with Crippen LogP contribution >= 0.6 is 0 Å². The van der Waals surface area contributed by atoms with Gasteiger partial charge in [-0.1, -0.05) is 0 Å². The van der Waals surface area contributed by atoms with Crippen LogP contribution in [0.5, 0.6) is 0 Å². The summed E-state index contributed by atoms with van der Waals surface area (Å²) >= 11 is 0. The zero-order valence-electron chi connectivity index (χ0n) is 7.51. The summed E-state index contributed by atoms with van der Waals surface area (Å²) in [5.41, 5.74) is -0.531. The van der Waals surface area contributed by atoms with E-state index < -0.39 is 5.54 Å². The van der Waals surface area contributed by atoms with Crippen molar-refractivity contribution >= 4 is 0 Å². The summed E-state index contributed by atoms with van der Waals surface area (Å²) in [7, 11) is 0. The van der Waals surface area contributed by atoms with Gasteiger partial charge in [-0.3, -0.25) is 0 Å². The van der Waals surface area contributed by atoms with Crippen LogP contribution in [0.15, 0.2) is 0 Å². The van der Waals surface area contributed by atoms with E-state index in [0.717, 1.165) is 19.5 Å². The largest absolute Gasteiger partial charge is 0.394 e. The molecule has 4 N–H and O–H groups in total. The molecule has 4 heteroatoms. The van der Waals surface area contributed by atoms with Crippen molar-refractivity contribution < 1.29 is 10.2 Å². The fourth-order valence-corrected chi connectivity index (χ4v) is 1.41. The van der Waals surface area contributed by atoms with Crippen LogP contribution in [0, 0.1) is 0 Å². The molecule has 1 saturated heterocycles. The Morgan fingerprint density at radius 2 is 2.17 bits per heavy atom. The third-order valence-electron chi connectivity index (χ3n) is 2.31. The fourth-order valence-electron chi connectivity index (χ4n) is 1.41. The summed E-state index contributed by atoms with van der Waals surface area (Å²) in [5, 5.41) is 24.5. The Bertz CT molecular complexity index is 131. The van der Waals surface area contributed by atoms with E-state index in [-0.39, 0.29) is 13.2 Å². The van der Waals surface area contributed by atoms with Gasteiger partial charge in [0.1, 0.15) is 0 Å². The highest BCUT2D eigenvalue weighted by Gasteiger charge is 2.27. The molecule has 1 rings (SSSR count). The Morgan fingerprint density at radius 1 is 1.50 bits per heavy atom. The van der Waals surface area contributed by atoms with Crippen molar-refractivity contribution in [2.24, 2.45) is 0 Å². The van der Waals surface area contributed by atoms with Gasteiger partial charge in [0.25, 0.3) is 0 Å². The van der Waals surface area contributed by atoms with E-state index in [1.54, 1.807) is 0 Å². The maximum atomic E-state index is 9.00. The van der Waals surface area contributed by atoms with E-state index in [1.165, 1.54) is 0 Å². The SMILES string of the molecule is CC(CO)(CO)NC1CCNC1. The minimum absolute atomic E-state index is 0.0278. The highest BCUT2D eigenvalue weighted by Crippen LogP contribution is 2.06. The summed E-state index contributed by atoms with van der Waals surface area (Å²) in [6, 6.07) is 0.384. The van der Waals surface area contributed by atoms with Gasteiger partial charge in [-0.15, -0.1) is 0 Å². The molecule has 0 aromatic rings. The van der Waals surface area contributed by atoms with Crippen LogP contribution in [-0.2, 0) is 0 Å². The monoisotopic (exact) mass is 174 g/mol. The van der Waals surface area contributed by atoms with Crippen LogP contribution in [-0.4, -0.2) is 48.1 Å².